The average molecular weight is 179 g/mol. The van der Waals surface area contributed by atoms with Crippen molar-refractivity contribution in [2.45, 2.75) is 46.5 Å². The molecule has 1 heterocycles. The summed E-state index contributed by atoms with van der Waals surface area (Å²) in [6.07, 6.45) is 4.56. The molecule has 0 saturated carbocycles. The third-order valence-corrected chi connectivity index (χ3v) is 2.48. The van der Waals surface area contributed by atoms with Gasteiger partial charge in [-0.25, -0.2) is 0 Å². The lowest BCUT2D eigenvalue weighted by Gasteiger charge is -2.20. The zero-order valence-corrected chi connectivity index (χ0v) is 9.22. The van der Waals surface area contributed by atoms with Crippen LogP contribution < -0.4 is 0 Å². The van der Waals surface area contributed by atoms with Gasteiger partial charge in [-0.15, -0.1) is 0 Å². The molecule has 0 aliphatic heterocycles. The Labute approximate surface area is 81.6 Å². The molecule has 0 aromatic carbocycles. The van der Waals surface area contributed by atoms with Crippen LogP contribution in [-0.2, 0) is 0 Å². The Morgan fingerprint density at radius 1 is 1.38 bits per heavy atom. The number of hydrogen-bond acceptors (Lipinski definition) is 0. The fourth-order valence-electron chi connectivity index (χ4n) is 1.46. The lowest BCUT2D eigenvalue weighted by atomic mass is 9.86. The quantitative estimate of drug-likeness (QED) is 0.723. The van der Waals surface area contributed by atoms with E-state index in [9.17, 15) is 0 Å². The largest absolute Gasteiger partial charge is 0.365 e. The standard InChI is InChI=1S/C12H21N/c1-10(7-8-12(2,3)4)11-6-5-9-13-11/h5-6,9-10,13H,7-8H2,1-4H3. The molecule has 13 heavy (non-hydrogen) atoms. The van der Waals surface area contributed by atoms with E-state index in [1.807, 2.05) is 6.20 Å². The molecule has 74 valence electrons. The summed E-state index contributed by atoms with van der Waals surface area (Å²) in [7, 11) is 0. The second kappa shape index (κ2) is 3.99. The van der Waals surface area contributed by atoms with Crippen LogP contribution in [0.25, 0.3) is 0 Å². The molecule has 0 bridgehead atoms. The van der Waals surface area contributed by atoms with Gasteiger partial charge < -0.3 is 4.98 Å². The minimum Gasteiger partial charge on any atom is -0.365 e. The molecule has 0 amide bonds. The molecular formula is C12H21N. The summed E-state index contributed by atoms with van der Waals surface area (Å²) < 4.78 is 0. The van der Waals surface area contributed by atoms with Gasteiger partial charge in [-0.05, 0) is 36.3 Å². The van der Waals surface area contributed by atoms with Crippen LogP contribution in [0.3, 0.4) is 0 Å². The Kier molecular flexibility index (Phi) is 3.18. The van der Waals surface area contributed by atoms with E-state index in [0.29, 0.717) is 11.3 Å². The highest BCUT2D eigenvalue weighted by atomic mass is 14.7. The molecule has 1 aromatic heterocycles. The van der Waals surface area contributed by atoms with Crippen molar-refractivity contribution in [1.29, 1.82) is 0 Å². The molecule has 1 aromatic rings. The number of nitrogens with one attached hydrogen (secondary N) is 1. The number of hydrogen-bond donors (Lipinski definition) is 1. The van der Waals surface area contributed by atoms with Crippen molar-refractivity contribution in [3.8, 4) is 0 Å². The summed E-state index contributed by atoms with van der Waals surface area (Å²) in [5.41, 5.74) is 1.82. The van der Waals surface area contributed by atoms with Gasteiger partial charge in [0.25, 0.3) is 0 Å². The fourth-order valence-corrected chi connectivity index (χ4v) is 1.46. The van der Waals surface area contributed by atoms with Crippen LogP contribution in [0.15, 0.2) is 18.3 Å². The van der Waals surface area contributed by atoms with Crippen LogP contribution in [-0.4, -0.2) is 4.98 Å². The van der Waals surface area contributed by atoms with E-state index >= 15 is 0 Å². The monoisotopic (exact) mass is 179 g/mol. The zero-order valence-electron chi connectivity index (χ0n) is 9.22. The fraction of sp³-hybridized carbons (Fsp3) is 0.667. The van der Waals surface area contributed by atoms with E-state index in [1.165, 1.54) is 18.5 Å². The van der Waals surface area contributed by atoms with E-state index in [0.717, 1.165) is 0 Å². The minimum absolute atomic E-state index is 0.459. The molecule has 0 spiro atoms. The first-order chi connectivity index (χ1) is 5.99. The van der Waals surface area contributed by atoms with Gasteiger partial charge in [0.1, 0.15) is 0 Å². The van der Waals surface area contributed by atoms with Crippen molar-refractivity contribution in [1.82, 2.24) is 4.98 Å². The lowest BCUT2D eigenvalue weighted by molar-refractivity contribution is 0.351. The van der Waals surface area contributed by atoms with Gasteiger partial charge in [0, 0.05) is 11.9 Å². The van der Waals surface area contributed by atoms with Crippen molar-refractivity contribution >= 4 is 0 Å². The molecule has 0 aliphatic carbocycles. The smallest absolute Gasteiger partial charge is 0.0175 e. The summed E-state index contributed by atoms with van der Waals surface area (Å²) in [6.45, 7) is 9.19. The number of rotatable bonds is 3. The Balaban J connectivity index is 2.39. The Morgan fingerprint density at radius 2 is 2.08 bits per heavy atom. The molecule has 1 unspecified atom stereocenters. The minimum atomic E-state index is 0.459. The van der Waals surface area contributed by atoms with Crippen LogP contribution in [0.2, 0.25) is 0 Å². The number of aromatic nitrogens is 1. The summed E-state index contributed by atoms with van der Waals surface area (Å²) >= 11 is 0. The van der Waals surface area contributed by atoms with Gasteiger partial charge in [-0.2, -0.15) is 0 Å². The van der Waals surface area contributed by atoms with Gasteiger partial charge in [-0.3, -0.25) is 0 Å². The Bertz CT molecular complexity index is 228. The van der Waals surface area contributed by atoms with Crippen LogP contribution in [0.1, 0.15) is 52.1 Å². The first kappa shape index (κ1) is 10.4. The molecule has 0 saturated heterocycles. The first-order valence-corrected chi connectivity index (χ1v) is 5.12. The van der Waals surface area contributed by atoms with Gasteiger partial charge in [0.05, 0.1) is 0 Å². The van der Waals surface area contributed by atoms with E-state index in [4.69, 9.17) is 0 Å². The highest BCUT2D eigenvalue weighted by Gasteiger charge is 2.13. The number of H-pyrrole nitrogens is 1. The molecule has 0 radical (unpaired) electrons. The molecule has 1 nitrogen and oxygen atoms in total. The van der Waals surface area contributed by atoms with Crippen LogP contribution >= 0.6 is 0 Å². The highest BCUT2D eigenvalue weighted by molar-refractivity contribution is 5.08. The Hall–Kier alpha value is -0.720. The maximum atomic E-state index is 3.27. The normalized spacial score (nSPS) is 14.5. The maximum absolute atomic E-state index is 3.27. The molecular weight excluding hydrogens is 158 g/mol. The Morgan fingerprint density at radius 3 is 2.54 bits per heavy atom. The van der Waals surface area contributed by atoms with Gasteiger partial charge >= 0.3 is 0 Å². The zero-order chi connectivity index (χ0) is 9.90. The molecule has 1 rings (SSSR count). The topological polar surface area (TPSA) is 15.8 Å². The predicted molar refractivity (Wildman–Crippen MR) is 57.9 cm³/mol. The van der Waals surface area contributed by atoms with Gasteiger partial charge in [0.2, 0.25) is 0 Å². The van der Waals surface area contributed by atoms with Crippen LogP contribution in [0.5, 0.6) is 0 Å². The third kappa shape index (κ3) is 3.67. The van der Waals surface area contributed by atoms with Gasteiger partial charge in [-0.1, -0.05) is 27.7 Å². The van der Waals surface area contributed by atoms with Crippen LogP contribution in [0.4, 0.5) is 0 Å². The van der Waals surface area contributed by atoms with E-state index in [-0.39, 0.29) is 0 Å². The van der Waals surface area contributed by atoms with Crippen molar-refractivity contribution in [3.05, 3.63) is 24.0 Å². The van der Waals surface area contributed by atoms with Gasteiger partial charge in [0.15, 0.2) is 0 Å². The van der Waals surface area contributed by atoms with Crippen molar-refractivity contribution in [2.75, 3.05) is 0 Å². The third-order valence-electron chi connectivity index (χ3n) is 2.48. The van der Waals surface area contributed by atoms with Crippen molar-refractivity contribution in [2.24, 2.45) is 5.41 Å². The molecule has 0 fully saturated rings. The van der Waals surface area contributed by atoms with Crippen molar-refractivity contribution < 1.29 is 0 Å². The molecule has 1 N–H and O–H groups in total. The second-order valence-electron chi connectivity index (χ2n) is 5.13. The summed E-state index contributed by atoms with van der Waals surface area (Å²) in [5, 5.41) is 0. The SMILES string of the molecule is CC(CCC(C)(C)C)c1ccc[nH]1. The van der Waals surface area contributed by atoms with E-state index < -0.39 is 0 Å². The average Bonchev–Trinajstić information content (AvgIpc) is 2.50. The molecule has 0 aliphatic rings. The summed E-state index contributed by atoms with van der Waals surface area (Å²) in [5.74, 6) is 0.661. The van der Waals surface area contributed by atoms with E-state index in [1.54, 1.807) is 0 Å². The summed E-state index contributed by atoms with van der Waals surface area (Å²) in [4.78, 5) is 3.27. The first-order valence-electron chi connectivity index (χ1n) is 5.12. The van der Waals surface area contributed by atoms with Crippen molar-refractivity contribution in [3.63, 3.8) is 0 Å². The predicted octanol–water partition coefficient (Wildman–Crippen LogP) is 3.94. The lowest BCUT2D eigenvalue weighted by Crippen LogP contribution is -2.07. The van der Waals surface area contributed by atoms with Crippen LogP contribution in [0, 0.1) is 5.41 Å². The maximum Gasteiger partial charge on any atom is 0.0175 e. The highest BCUT2D eigenvalue weighted by Crippen LogP contribution is 2.27. The molecule has 1 atom stereocenters. The molecule has 1 heteroatoms. The summed E-state index contributed by atoms with van der Waals surface area (Å²) in [6, 6.07) is 4.25. The van der Waals surface area contributed by atoms with E-state index in [2.05, 4.69) is 44.8 Å². The number of aromatic amines is 1. The second-order valence-corrected chi connectivity index (χ2v) is 5.13.